The maximum Gasteiger partial charge on any atom is 0.123 e. The van der Waals surface area contributed by atoms with Gasteiger partial charge in [0, 0.05) is 136 Å². The van der Waals surface area contributed by atoms with Gasteiger partial charge in [-0.15, -0.1) is 0 Å². The molecule has 0 spiro atoms. The first-order valence-corrected chi connectivity index (χ1v) is 37.6. The van der Waals surface area contributed by atoms with E-state index in [0.29, 0.717) is 0 Å². The monoisotopic (exact) mass is 1490 g/mol. The van der Waals surface area contributed by atoms with E-state index in [1.807, 2.05) is 94.7 Å². The van der Waals surface area contributed by atoms with E-state index < -0.39 is 0 Å². The second kappa shape index (κ2) is 33.0. The molecule has 0 heterocycles. The number of rotatable bonds is 24. The number of para-hydroxylation sites is 6. The Hall–Kier alpha value is -15.1. The molecule has 0 aliphatic carbocycles. The van der Waals surface area contributed by atoms with Gasteiger partial charge in [-0.2, -0.15) is 0 Å². The molecular weight excluding hydrogens is 1410 g/mol. The molecule has 17 aromatic rings. The molecule has 0 unspecified atom stereocenters. The van der Waals surface area contributed by atoms with Crippen LogP contribution >= 0.6 is 0 Å². The Morgan fingerprint density at radius 2 is 0.158 bits per heavy atom. The summed E-state index contributed by atoms with van der Waals surface area (Å²) < 4.78 is 57.0. The standard InChI is InChI=1S/C102H74F4N8/c103-75-31-39-85(40-32-75)113(86-41-33-76(104)34-42-86)101-71-67-99(68-72-101)111(83-27-15-5-16-28-83)97-63-59-95(60-64-97)109(81-23-11-3-12-24-81)93-55-51-91(52-56-93)107(79-19-7-1-8-20-79)89-47-49-90(50-48-89)108(80-21-9-2-10-22-80)92-53-57-94(58-54-92)110(82-25-13-4-14-26-82)96-61-65-98(66-62-96)112(84-29-17-6-18-30-84)100-69-73-102(74-70-100)114(87-43-35-77(105)36-44-87)88-45-37-78(106)38-46-88/h1-74H. The van der Waals surface area contributed by atoms with Gasteiger partial charge in [-0.25, -0.2) is 17.6 Å². The first-order valence-electron chi connectivity index (χ1n) is 37.6. The van der Waals surface area contributed by atoms with Crippen LogP contribution in [0.3, 0.4) is 0 Å². The fourth-order valence-corrected chi connectivity index (χ4v) is 14.7. The number of halogens is 4. The van der Waals surface area contributed by atoms with Crippen molar-refractivity contribution < 1.29 is 17.6 Å². The largest absolute Gasteiger partial charge is 0.311 e. The Morgan fingerprint density at radius 3 is 0.246 bits per heavy atom. The highest BCUT2D eigenvalue weighted by Crippen LogP contribution is 2.47. The van der Waals surface area contributed by atoms with E-state index in [4.69, 9.17) is 0 Å². The zero-order chi connectivity index (χ0) is 77.1. The summed E-state index contributed by atoms with van der Waals surface area (Å²) in [5.41, 5.74) is 22.1. The molecule has 17 aromatic carbocycles. The highest BCUT2D eigenvalue weighted by atomic mass is 19.1. The molecule has 550 valence electrons. The normalized spacial score (nSPS) is 11.0. The Balaban J connectivity index is 0.648. The van der Waals surface area contributed by atoms with Crippen LogP contribution < -0.4 is 39.2 Å². The zero-order valence-corrected chi connectivity index (χ0v) is 61.8. The van der Waals surface area contributed by atoms with Crippen molar-refractivity contribution in [2.45, 2.75) is 0 Å². The average molecular weight is 1490 g/mol. The van der Waals surface area contributed by atoms with E-state index in [1.165, 1.54) is 48.5 Å². The Bertz CT molecular complexity index is 5490. The Morgan fingerprint density at radius 1 is 0.0877 bits per heavy atom. The van der Waals surface area contributed by atoms with E-state index in [9.17, 15) is 17.6 Å². The van der Waals surface area contributed by atoms with E-state index in [-0.39, 0.29) is 23.3 Å². The lowest BCUT2D eigenvalue weighted by Gasteiger charge is -2.30. The van der Waals surface area contributed by atoms with Crippen LogP contribution in [0.2, 0.25) is 0 Å². The fourth-order valence-electron chi connectivity index (χ4n) is 14.7. The van der Waals surface area contributed by atoms with Gasteiger partial charge in [-0.3, -0.25) is 0 Å². The molecule has 12 heteroatoms. The molecule has 0 fully saturated rings. The Kier molecular flexibility index (Phi) is 20.8. The molecule has 0 amide bonds. The maximum atomic E-state index is 14.3. The van der Waals surface area contributed by atoms with E-state index in [1.54, 1.807) is 48.5 Å². The third-order valence-electron chi connectivity index (χ3n) is 20.0. The molecule has 0 saturated carbocycles. The van der Waals surface area contributed by atoms with Crippen molar-refractivity contribution in [3.8, 4) is 0 Å². The zero-order valence-electron chi connectivity index (χ0n) is 61.8. The molecule has 0 radical (unpaired) electrons. The lowest BCUT2D eigenvalue weighted by Crippen LogP contribution is -2.14. The van der Waals surface area contributed by atoms with E-state index >= 15 is 0 Å². The third-order valence-corrected chi connectivity index (χ3v) is 20.0. The summed E-state index contributed by atoms with van der Waals surface area (Å²) in [5, 5.41) is 0. The van der Waals surface area contributed by atoms with Crippen LogP contribution in [0.15, 0.2) is 449 Å². The van der Waals surface area contributed by atoms with Gasteiger partial charge in [0.1, 0.15) is 23.3 Å². The van der Waals surface area contributed by atoms with Gasteiger partial charge in [-0.05, 0) is 340 Å². The number of benzene rings is 17. The molecule has 17 rings (SSSR count). The molecule has 0 N–H and O–H groups in total. The second-order valence-electron chi connectivity index (χ2n) is 27.2. The lowest BCUT2D eigenvalue weighted by molar-refractivity contribution is 0.627. The minimum absolute atomic E-state index is 0.340. The number of hydrogen-bond acceptors (Lipinski definition) is 8. The SMILES string of the molecule is Fc1ccc(N(c2ccc(F)cc2)c2ccc(N(c3ccccc3)c3ccc(N(c4ccccc4)c4ccc(N(c5ccccc5)c5ccc(N(c6ccccc6)c6ccc(N(c7ccccc7)c7ccc(N(c8ccccc8)c8ccc(N(c9ccc(F)cc9)c9ccc(F)cc9)cc8)cc7)cc6)cc5)cc4)cc3)cc2)cc1. The topological polar surface area (TPSA) is 25.9 Å². The molecule has 0 aliphatic rings. The van der Waals surface area contributed by atoms with Crippen molar-refractivity contribution >= 4 is 136 Å². The molecule has 0 aliphatic heterocycles. The highest BCUT2D eigenvalue weighted by Gasteiger charge is 2.24. The minimum atomic E-state index is -0.340. The summed E-state index contributed by atoms with van der Waals surface area (Å²) in [5.74, 6) is -1.36. The van der Waals surface area contributed by atoms with Crippen LogP contribution in [0.4, 0.5) is 154 Å². The summed E-state index contributed by atoms with van der Waals surface area (Å²) in [6.45, 7) is 0. The summed E-state index contributed by atoms with van der Waals surface area (Å²) in [4.78, 5) is 17.5. The fraction of sp³-hybridized carbons (Fsp3) is 0. The van der Waals surface area contributed by atoms with E-state index in [2.05, 4.69) is 296 Å². The van der Waals surface area contributed by atoms with Gasteiger partial charge in [0.25, 0.3) is 0 Å². The molecular formula is C102H74F4N8. The molecule has 114 heavy (non-hydrogen) atoms. The number of nitrogens with zero attached hydrogens (tertiary/aromatic N) is 8. The predicted octanol–water partition coefficient (Wildman–Crippen LogP) is 30.0. The van der Waals surface area contributed by atoms with Crippen molar-refractivity contribution in [3.63, 3.8) is 0 Å². The van der Waals surface area contributed by atoms with Gasteiger partial charge in [0.05, 0.1) is 0 Å². The van der Waals surface area contributed by atoms with Crippen LogP contribution in [0.25, 0.3) is 0 Å². The maximum absolute atomic E-state index is 14.3. The predicted molar refractivity (Wildman–Crippen MR) is 464 cm³/mol. The van der Waals surface area contributed by atoms with Gasteiger partial charge < -0.3 is 39.2 Å². The van der Waals surface area contributed by atoms with Gasteiger partial charge in [-0.1, -0.05) is 109 Å². The molecule has 0 aromatic heterocycles. The van der Waals surface area contributed by atoms with Crippen LogP contribution in [0.5, 0.6) is 0 Å². The first-order chi connectivity index (χ1) is 56.2. The minimum Gasteiger partial charge on any atom is -0.311 e. The first kappa shape index (κ1) is 71.8. The van der Waals surface area contributed by atoms with Crippen LogP contribution in [0.1, 0.15) is 0 Å². The van der Waals surface area contributed by atoms with Gasteiger partial charge in [0.15, 0.2) is 0 Å². The number of hydrogen-bond donors (Lipinski definition) is 0. The second-order valence-corrected chi connectivity index (χ2v) is 27.2. The molecule has 0 saturated heterocycles. The van der Waals surface area contributed by atoms with Crippen molar-refractivity contribution in [1.82, 2.24) is 0 Å². The molecule has 0 bridgehead atoms. The van der Waals surface area contributed by atoms with Gasteiger partial charge in [0.2, 0.25) is 0 Å². The summed E-state index contributed by atoms with van der Waals surface area (Å²) in [7, 11) is 0. The average Bonchev–Trinajstić information content (AvgIpc) is 0.791. The van der Waals surface area contributed by atoms with Gasteiger partial charge >= 0.3 is 0 Å². The van der Waals surface area contributed by atoms with Crippen molar-refractivity contribution in [2.75, 3.05) is 39.2 Å². The van der Waals surface area contributed by atoms with Crippen LogP contribution in [-0.4, -0.2) is 0 Å². The summed E-state index contributed by atoms with van der Waals surface area (Å²) in [6.07, 6.45) is 0. The van der Waals surface area contributed by atoms with Crippen molar-refractivity contribution in [3.05, 3.63) is 472 Å². The summed E-state index contributed by atoms with van der Waals surface area (Å²) in [6, 6.07) is 147. The smallest absolute Gasteiger partial charge is 0.123 e. The Labute approximate surface area is 661 Å². The lowest BCUT2D eigenvalue weighted by atomic mass is 10.1. The third kappa shape index (κ3) is 15.6. The summed E-state index contributed by atoms with van der Waals surface area (Å²) >= 11 is 0. The highest BCUT2D eigenvalue weighted by molar-refractivity contribution is 5.89. The van der Waals surface area contributed by atoms with E-state index in [0.717, 1.165) is 136 Å². The van der Waals surface area contributed by atoms with Crippen molar-refractivity contribution in [1.29, 1.82) is 0 Å². The number of anilines is 24. The van der Waals surface area contributed by atoms with Crippen LogP contribution in [0, 0.1) is 23.3 Å². The molecule has 0 atom stereocenters. The molecule has 8 nitrogen and oxygen atoms in total. The van der Waals surface area contributed by atoms with Crippen molar-refractivity contribution in [2.24, 2.45) is 0 Å². The van der Waals surface area contributed by atoms with Crippen LogP contribution in [-0.2, 0) is 0 Å². The quantitative estimate of drug-likeness (QED) is 0.0552.